The van der Waals surface area contributed by atoms with E-state index >= 15 is 0 Å². The van der Waals surface area contributed by atoms with E-state index in [1.54, 1.807) is 14.2 Å². The van der Waals surface area contributed by atoms with Gasteiger partial charge < -0.3 is 9.47 Å². The van der Waals surface area contributed by atoms with E-state index < -0.39 is 0 Å². The Morgan fingerprint density at radius 2 is 1.67 bits per heavy atom. The summed E-state index contributed by atoms with van der Waals surface area (Å²) in [5, 5.41) is 0. The lowest BCUT2D eigenvalue weighted by molar-refractivity contribution is 0.0753. The second kappa shape index (κ2) is 6.50. The maximum absolute atomic E-state index is 13.3. The quantitative estimate of drug-likeness (QED) is 0.724. The lowest BCUT2D eigenvalue weighted by Gasteiger charge is -2.30. The number of methoxy groups -OCH3 is 2. The van der Waals surface area contributed by atoms with Crippen LogP contribution in [0.4, 0.5) is 0 Å². The van der Waals surface area contributed by atoms with Gasteiger partial charge in [0, 0.05) is 5.41 Å². The van der Waals surface area contributed by atoms with E-state index in [4.69, 9.17) is 9.47 Å². The molecule has 0 bridgehead atoms. The van der Waals surface area contributed by atoms with Gasteiger partial charge >= 0.3 is 0 Å². The Labute approximate surface area is 127 Å². The highest BCUT2D eigenvalue weighted by molar-refractivity contribution is 6.05. The molecule has 0 heterocycles. The molecule has 3 heteroatoms. The van der Waals surface area contributed by atoms with Gasteiger partial charge in [-0.15, -0.1) is 0 Å². The number of rotatable bonds is 6. The van der Waals surface area contributed by atoms with E-state index in [1.165, 1.54) is 0 Å². The van der Waals surface area contributed by atoms with E-state index in [-0.39, 0.29) is 11.2 Å². The fourth-order valence-corrected chi connectivity index (χ4v) is 3.70. The summed E-state index contributed by atoms with van der Waals surface area (Å²) < 4.78 is 10.8. The number of carbonyl (C=O) groups is 1. The van der Waals surface area contributed by atoms with Crippen molar-refractivity contribution in [3.05, 3.63) is 23.8 Å². The summed E-state index contributed by atoms with van der Waals surface area (Å²) in [6.07, 6.45) is 5.16. The van der Waals surface area contributed by atoms with Crippen LogP contribution in [-0.2, 0) is 0 Å². The van der Waals surface area contributed by atoms with Gasteiger partial charge in [0.1, 0.15) is 17.1 Å². The predicted octanol–water partition coefficient (Wildman–Crippen LogP) is 4.49. The molecule has 116 valence electrons. The second-order valence-corrected chi connectivity index (χ2v) is 6.45. The standard InChI is InChI=1S/C18H26O3/c1-13(2)12-18(10-5-6-11-18)17(19)16-14(20-3)8-7-9-15(16)21-4/h7-9,13H,5-6,10-12H2,1-4H3. The molecule has 21 heavy (non-hydrogen) atoms. The number of ketones is 1. The van der Waals surface area contributed by atoms with Crippen LogP contribution in [0.5, 0.6) is 11.5 Å². The third-order valence-corrected chi connectivity index (χ3v) is 4.50. The first-order valence-corrected chi connectivity index (χ1v) is 7.80. The minimum atomic E-state index is -0.240. The average molecular weight is 290 g/mol. The van der Waals surface area contributed by atoms with Crippen LogP contribution in [0.25, 0.3) is 0 Å². The van der Waals surface area contributed by atoms with Crippen molar-refractivity contribution in [2.75, 3.05) is 14.2 Å². The Bertz CT molecular complexity index is 477. The molecule has 1 aliphatic carbocycles. The van der Waals surface area contributed by atoms with Crippen molar-refractivity contribution < 1.29 is 14.3 Å². The molecule has 0 aliphatic heterocycles. The molecule has 0 radical (unpaired) electrons. The number of benzene rings is 1. The highest BCUT2D eigenvalue weighted by Crippen LogP contribution is 2.48. The number of ether oxygens (including phenoxy) is 2. The Kier molecular flexibility index (Phi) is 4.92. The van der Waals surface area contributed by atoms with E-state index in [9.17, 15) is 4.79 Å². The molecule has 2 rings (SSSR count). The summed E-state index contributed by atoms with van der Waals surface area (Å²) in [5.74, 6) is 1.94. The van der Waals surface area contributed by atoms with E-state index in [1.807, 2.05) is 18.2 Å². The zero-order chi connectivity index (χ0) is 15.5. The molecule has 1 aromatic carbocycles. The smallest absolute Gasteiger partial charge is 0.176 e. The molecule has 0 atom stereocenters. The molecular weight excluding hydrogens is 264 g/mol. The van der Waals surface area contributed by atoms with Crippen molar-refractivity contribution in [2.24, 2.45) is 11.3 Å². The summed E-state index contributed by atoms with van der Waals surface area (Å²) in [5.41, 5.74) is 0.376. The maximum Gasteiger partial charge on any atom is 0.176 e. The molecule has 0 N–H and O–H groups in total. The summed E-state index contributed by atoms with van der Waals surface area (Å²) in [6.45, 7) is 4.37. The number of carbonyl (C=O) groups excluding carboxylic acids is 1. The first kappa shape index (κ1) is 15.9. The Hall–Kier alpha value is -1.51. The first-order valence-electron chi connectivity index (χ1n) is 7.80. The van der Waals surface area contributed by atoms with Crippen molar-refractivity contribution in [3.8, 4) is 11.5 Å². The van der Waals surface area contributed by atoms with Crippen LogP contribution in [0.1, 0.15) is 56.3 Å². The highest BCUT2D eigenvalue weighted by Gasteiger charge is 2.43. The lowest BCUT2D eigenvalue weighted by Crippen LogP contribution is -2.30. The maximum atomic E-state index is 13.3. The highest BCUT2D eigenvalue weighted by atomic mass is 16.5. The van der Waals surface area contributed by atoms with E-state index in [2.05, 4.69) is 13.8 Å². The average Bonchev–Trinajstić information content (AvgIpc) is 2.94. The first-order chi connectivity index (χ1) is 10.0. The van der Waals surface area contributed by atoms with Crippen molar-refractivity contribution in [3.63, 3.8) is 0 Å². The second-order valence-electron chi connectivity index (χ2n) is 6.45. The van der Waals surface area contributed by atoms with Gasteiger partial charge in [-0.05, 0) is 37.3 Å². The third kappa shape index (κ3) is 3.07. The molecule has 0 unspecified atom stereocenters. The van der Waals surface area contributed by atoms with Crippen LogP contribution in [0.15, 0.2) is 18.2 Å². The molecule has 3 nitrogen and oxygen atoms in total. The van der Waals surface area contributed by atoms with Crippen LogP contribution in [0.2, 0.25) is 0 Å². The molecule has 0 saturated heterocycles. The molecule has 1 aromatic rings. The number of hydrogen-bond donors (Lipinski definition) is 0. The lowest BCUT2D eigenvalue weighted by atomic mass is 9.72. The largest absolute Gasteiger partial charge is 0.496 e. The van der Waals surface area contributed by atoms with Crippen molar-refractivity contribution >= 4 is 5.78 Å². The van der Waals surface area contributed by atoms with Crippen molar-refractivity contribution in [1.29, 1.82) is 0 Å². The SMILES string of the molecule is COc1cccc(OC)c1C(=O)C1(CC(C)C)CCCC1. The van der Waals surface area contributed by atoms with Gasteiger partial charge in [0.15, 0.2) is 5.78 Å². The van der Waals surface area contributed by atoms with Gasteiger partial charge in [-0.25, -0.2) is 0 Å². The fraction of sp³-hybridized carbons (Fsp3) is 0.611. The zero-order valence-corrected chi connectivity index (χ0v) is 13.6. The summed E-state index contributed by atoms with van der Waals surface area (Å²) in [6, 6.07) is 5.54. The van der Waals surface area contributed by atoms with Gasteiger partial charge in [0.05, 0.1) is 14.2 Å². The van der Waals surface area contributed by atoms with Gasteiger partial charge in [-0.3, -0.25) is 4.79 Å². The Morgan fingerprint density at radius 1 is 1.14 bits per heavy atom. The monoisotopic (exact) mass is 290 g/mol. The van der Waals surface area contributed by atoms with Gasteiger partial charge in [-0.1, -0.05) is 32.8 Å². The zero-order valence-electron chi connectivity index (χ0n) is 13.6. The van der Waals surface area contributed by atoms with Crippen molar-refractivity contribution in [1.82, 2.24) is 0 Å². The van der Waals surface area contributed by atoms with Crippen LogP contribution in [0.3, 0.4) is 0 Å². The Balaban J connectivity index is 2.46. The molecule has 0 amide bonds. The van der Waals surface area contributed by atoms with Crippen LogP contribution in [0, 0.1) is 11.3 Å². The molecule has 1 fully saturated rings. The molecule has 0 spiro atoms. The summed E-state index contributed by atoms with van der Waals surface area (Å²) >= 11 is 0. The number of hydrogen-bond acceptors (Lipinski definition) is 3. The third-order valence-electron chi connectivity index (χ3n) is 4.50. The normalized spacial score (nSPS) is 17.0. The topological polar surface area (TPSA) is 35.5 Å². The minimum absolute atomic E-state index is 0.197. The Morgan fingerprint density at radius 3 is 2.10 bits per heavy atom. The van der Waals surface area contributed by atoms with Crippen LogP contribution < -0.4 is 9.47 Å². The van der Waals surface area contributed by atoms with Gasteiger partial charge in [-0.2, -0.15) is 0 Å². The fourth-order valence-electron chi connectivity index (χ4n) is 3.70. The van der Waals surface area contributed by atoms with E-state index in [0.29, 0.717) is 23.0 Å². The molecule has 1 aliphatic rings. The minimum Gasteiger partial charge on any atom is -0.496 e. The van der Waals surface area contributed by atoms with E-state index in [0.717, 1.165) is 32.1 Å². The van der Waals surface area contributed by atoms with Gasteiger partial charge in [0.25, 0.3) is 0 Å². The molecule has 1 saturated carbocycles. The number of Topliss-reactive ketones (excluding diaryl/α,β-unsaturated/α-hetero) is 1. The van der Waals surface area contributed by atoms with Gasteiger partial charge in [0.2, 0.25) is 0 Å². The van der Waals surface area contributed by atoms with Crippen LogP contribution in [-0.4, -0.2) is 20.0 Å². The summed E-state index contributed by atoms with van der Waals surface area (Å²) in [4.78, 5) is 13.3. The molecular formula is C18H26O3. The molecule has 0 aromatic heterocycles. The van der Waals surface area contributed by atoms with Crippen LogP contribution >= 0.6 is 0 Å². The summed E-state index contributed by atoms with van der Waals surface area (Å²) in [7, 11) is 3.21. The van der Waals surface area contributed by atoms with Crippen molar-refractivity contribution in [2.45, 2.75) is 46.0 Å². The predicted molar refractivity (Wildman–Crippen MR) is 84.2 cm³/mol.